The van der Waals surface area contributed by atoms with E-state index in [1.165, 1.54) is 25.5 Å². The van der Waals surface area contributed by atoms with E-state index in [1.54, 1.807) is 12.3 Å². The summed E-state index contributed by atoms with van der Waals surface area (Å²) in [7, 11) is 0. The average molecular weight is 239 g/mol. The van der Waals surface area contributed by atoms with Crippen molar-refractivity contribution in [3.05, 3.63) is 29.0 Å². The third-order valence-corrected chi connectivity index (χ3v) is 3.28. The van der Waals surface area contributed by atoms with Crippen LogP contribution in [0.2, 0.25) is 5.02 Å². The summed E-state index contributed by atoms with van der Waals surface area (Å²) in [6, 6.07) is 1.94. The van der Waals surface area contributed by atoms with Crippen LogP contribution < -0.4 is 5.32 Å². The van der Waals surface area contributed by atoms with E-state index in [0.717, 1.165) is 12.8 Å². The van der Waals surface area contributed by atoms with Gasteiger partial charge >= 0.3 is 0 Å². The zero-order valence-electron chi connectivity index (χ0n) is 9.08. The van der Waals surface area contributed by atoms with Gasteiger partial charge in [-0.1, -0.05) is 30.9 Å². The van der Waals surface area contributed by atoms with E-state index in [9.17, 15) is 4.79 Å². The summed E-state index contributed by atoms with van der Waals surface area (Å²) < 4.78 is 0. The minimum Gasteiger partial charge on any atom is -0.349 e. The van der Waals surface area contributed by atoms with Crippen molar-refractivity contribution in [1.82, 2.24) is 10.3 Å². The quantitative estimate of drug-likeness (QED) is 0.861. The molecule has 2 rings (SSSR count). The van der Waals surface area contributed by atoms with Gasteiger partial charge in [-0.05, 0) is 18.9 Å². The number of nitrogens with zero attached hydrogens (tertiary/aromatic N) is 1. The largest absolute Gasteiger partial charge is 0.349 e. The highest BCUT2D eigenvalue weighted by Crippen LogP contribution is 2.19. The van der Waals surface area contributed by atoms with Crippen molar-refractivity contribution in [2.75, 3.05) is 0 Å². The number of hydrogen-bond acceptors (Lipinski definition) is 2. The van der Waals surface area contributed by atoms with Crippen molar-refractivity contribution < 1.29 is 4.79 Å². The lowest BCUT2D eigenvalue weighted by Gasteiger charge is -2.22. The van der Waals surface area contributed by atoms with E-state index in [4.69, 9.17) is 11.6 Å². The van der Waals surface area contributed by atoms with Gasteiger partial charge in [0.25, 0.3) is 5.91 Å². The molecular formula is C12H15ClN2O. The summed E-state index contributed by atoms with van der Waals surface area (Å²) in [6.07, 6.45) is 8.92. The van der Waals surface area contributed by atoms with Crippen molar-refractivity contribution in [3.8, 4) is 0 Å². The van der Waals surface area contributed by atoms with Gasteiger partial charge in [-0.25, -0.2) is 0 Å². The highest BCUT2D eigenvalue weighted by atomic mass is 35.5. The van der Waals surface area contributed by atoms with Gasteiger partial charge in [-0.3, -0.25) is 9.78 Å². The molecule has 0 aliphatic heterocycles. The number of halogens is 1. The van der Waals surface area contributed by atoms with E-state index in [1.807, 2.05) is 0 Å². The van der Waals surface area contributed by atoms with Crippen molar-refractivity contribution in [1.29, 1.82) is 0 Å². The van der Waals surface area contributed by atoms with Crippen molar-refractivity contribution >= 4 is 17.5 Å². The second-order valence-electron chi connectivity index (χ2n) is 4.16. The van der Waals surface area contributed by atoms with Crippen molar-refractivity contribution in [2.45, 2.75) is 38.1 Å². The maximum Gasteiger partial charge on any atom is 0.254 e. The van der Waals surface area contributed by atoms with E-state index in [-0.39, 0.29) is 5.91 Å². The van der Waals surface area contributed by atoms with Crippen LogP contribution >= 0.6 is 11.6 Å². The minimum atomic E-state index is -0.106. The molecule has 1 aromatic heterocycles. The summed E-state index contributed by atoms with van der Waals surface area (Å²) in [5.41, 5.74) is 0.467. The van der Waals surface area contributed by atoms with Gasteiger partial charge in [-0.15, -0.1) is 0 Å². The SMILES string of the molecule is O=C(NC1CCCCC1)c1cnccc1Cl. The molecule has 16 heavy (non-hydrogen) atoms. The fourth-order valence-electron chi connectivity index (χ4n) is 2.05. The molecule has 1 aromatic rings. The standard InChI is InChI=1S/C12H15ClN2O/c13-11-6-7-14-8-10(11)12(16)15-9-4-2-1-3-5-9/h6-9H,1-5H2,(H,15,16). The molecule has 0 spiro atoms. The van der Waals surface area contributed by atoms with E-state index in [0.29, 0.717) is 16.6 Å². The number of rotatable bonds is 2. The zero-order chi connectivity index (χ0) is 11.4. The number of hydrogen-bond donors (Lipinski definition) is 1. The molecule has 86 valence electrons. The molecule has 1 saturated carbocycles. The van der Waals surface area contributed by atoms with Gasteiger partial charge in [0.2, 0.25) is 0 Å². The van der Waals surface area contributed by atoms with Crippen LogP contribution in [0.4, 0.5) is 0 Å². The Hall–Kier alpha value is -1.09. The number of nitrogens with one attached hydrogen (secondary N) is 1. The Labute approximate surface area is 100 Å². The van der Waals surface area contributed by atoms with Gasteiger partial charge in [0.05, 0.1) is 10.6 Å². The minimum absolute atomic E-state index is 0.106. The molecule has 1 aliphatic carbocycles. The van der Waals surface area contributed by atoms with Crippen LogP contribution in [0.1, 0.15) is 42.5 Å². The molecule has 3 nitrogen and oxygen atoms in total. The van der Waals surface area contributed by atoms with Crippen LogP contribution in [0.15, 0.2) is 18.5 Å². The Bertz CT molecular complexity index is 375. The molecular weight excluding hydrogens is 224 g/mol. The lowest BCUT2D eigenvalue weighted by molar-refractivity contribution is 0.0927. The van der Waals surface area contributed by atoms with E-state index in [2.05, 4.69) is 10.3 Å². The summed E-state index contributed by atoms with van der Waals surface area (Å²) in [5, 5.41) is 3.47. The highest BCUT2D eigenvalue weighted by molar-refractivity contribution is 6.33. The van der Waals surface area contributed by atoms with Crippen LogP contribution in [0.5, 0.6) is 0 Å². The number of carbonyl (C=O) groups excluding carboxylic acids is 1. The third kappa shape index (κ3) is 2.73. The predicted octanol–water partition coefficient (Wildman–Crippen LogP) is 2.80. The first kappa shape index (κ1) is 11.4. The molecule has 1 heterocycles. The monoisotopic (exact) mass is 238 g/mol. The molecule has 0 atom stereocenters. The first-order valence-electron chi connectivity index (χ1n) is 5.68. The van der Waals surface area contributed by atoms with E-state index < -0.39 is 0 Å². The van der Waals surface area contributed by atoms with Gasteiger partial charge in [0, 0.05) is 18.4 Å². The fraction of sp³-hybridized carbons (Fsp3) is 0.500. The molecule has 1 aliphatic rings. The Morgan fingerprint density at radius 2 is 2.12 bits per heavy atom. The maximum absolute atomic E-state index is 11.9. The molecule has 4 heteroatoms. The molecule has 0 unspecified atom stereocenters. The first-order valence-corrected chi connectivity index (χ1v) is 6.05. The topological polar surface area (TPSA) is 42.0 Å². The van der Waals surface area contributed by atoms with E-state index >= 15 is 0 Å². The van der Waals surface area contributed by atoms with Crippen LogP contribution in [0, 0.1) is 0 Å². The summed E-state index contributed by atoms with van der Waals surface area (Å²) in [5.74, 6) is -0.106. The summed E-state index contributed by atoms with van der Waals surface area (Å²) in [4.78, 5) is 15.8. The lowest BCUT2D eigenvalue weighted by Crippen LogP contribution is -2.36. The van der Waals surface area contributed by atoms with Crippen LogP contribution in [-0.2, 0) is 0 Å². The Kier molecular flexibility index (Phi) is 3.78. The normalized spacial score (nSPS) is 17.1. The lowest BCUT2D eigenvalue weighted by atomic mass is 9.95. The summed E-state index contributed by atoms with van der Waals surface area (Å²) >= 11 is 5.94. The maximum atomic E-state index is 11.9. The number of pyridine rings is 1. The predicted molar refractivity (Wildman–Crippen MR) is 63.6 cm³/mol. The van der Waals surface area contributed by atoms with Crippen LogP contribution in [0.3, 0.4) is 0 Å². The number of aromatic nitrogens is 1. The Morgan fingerprint density at radius 1 is 1.38 bits per heavy atom. The number of amides is 1. The molecule has 0 aromatic carbocycles. The third-order valence-electron chi connectivity index (χ3n) is 2.95. The van der Waals surface area contributed by atoms with Gasteiger partial charge in [-0.2, -0.15) is 0 Å². The second kappa shape index (κ2) is 5.30. The molecule has 0 saturated heterocycles. The molecule has 1 N–H and O–H groups in total. The summed E-state index contributed by atoms with van der Waals surface area (Å²) in [6.45, 7) is 0. The Morgan fingerprint density at radius 3 is 2.81 bits per heavy atom. The zero-order valence-corrected chi connectivity index (χ0v) is 9.83. The fourth-order valence-corrected chi connectivity index (χ4v) is 2.25. The first-order chi connectivity index (χ1) is 7.77. The van der Waals surface area contributed by atoms with Gasteiger partial charge in [0.15, 0.2) is 0 Å². The molecule has 1 fully saturated rings. The smallest absolute Gasteiger partial charge is 0.254 e. The van der Waals surface area contributed by atoms with Crippen LogP contribution in [0.25, 0.3) is 0 Å². The average Bonchev–Trinajstić information content (AvgIpc) is 2.31. The van der Waals surface area contributed by atoms with Crippen molar-refractivity contribution in [2.24, 2.45) is 0 Å². The highest BCUT2D eigenvalue weighted by Gasteiger charge is 2.17. The molecule has 0 radical (unpaired) electrons. The molecule has 0 bridgehead atoms. The second-order valence-corrected chi connectivity index (χ2v) is 4.57. The Balaban J connectivity index is 2.00. The molecule has 1 amide bonds. The number of carbonyl (C=O) groups is 1. The van der Waals surface area contributed by atoms with Gasteiger partial charge < -0.3 is 5.32 Å². The van der Waals surface area contributed by atoms with Gasteiger partial charge in [0.1, 0.15) is 0 Å². The van der Waals surface area contributed by atoms with Crippen LogP contribution in [-0.4, -0.2) is 16.9 Å². The van der Waals surface area contributed by atoms with Crippen molar-refractivity contribution in [3.63, 3.8) is 0 Å².